The van der Waals surface area contributed by atoms with E-state index < -0.39 is 5.82 Å². The predicted octanol–water partition coefficient (Wildman–Crippen LogP) is 2.01. The van der Waals surface area contributed by atoms with Crippen LogP contribution in [0.25, 0.3) is 10.8 Å². The summed E-state index contributed by atoms with van der Waals surface area (Å²) in [5.74, 6) is -0.392. The lowest BCUT2D eigenvalue weighted by Gasteiger charge is -2.05. The number of nitrogens with zero attached hydrogens (tertiary/aromatic N) is 1. The SMILES string of the molecule is NC(=S)c1c(F)ccc2cnccc12. The number of pyridine rings is 1. The van der Waals surface area contributed by atoms with Gasteiger partial charge < -0.3 is 5.73 Å². The quantitative estimate of drug-likeness (QED) is 0.725. The van der Waals surface area contributed by atoms with Gasteiger partial charge in [-0.1, -0.05) is 12.2 Å². The van der Waals surface area contributed by atoms with E-state index in [9.17, 15) is 4.39 Å². The van der Waals surface area contributed by atoms with Crippen molar-refractivity contribution in [2.24, 2.45) is 5.73 Å². The van der Waals surface area contributed by atoms with Gasteiger partial charge >= 0.3 is 0 Å². The number of hydrogen-bond donors (Lipinski definition) is 1. The topological polar surface area (TPSA) is 38.9 Å². The third-order valence-electron chi connectivity index (χ3n) is 2.02. The number of halogens is 1. The zero-order valence-electron chi connectivity index (χ0n) is 7.20. The number of fused-ring (bicyclic) bond motifs is 1. The van der Waals surface area contributed by atoms with Crippen molar-refractivity contribution in [1.29, 1.82) is 0 Å². The van der Waals surface area contributed by atoms with E-state index >= 15 is 0 Å². The molecule has 0 spiro atoms. The number of benzene rings is 1. The molecule has 0 aliphatic carbocycles. The highest BCUT2D eigenvalue weighted by atomic mass is 32.1. The second kappa shape index (κ2) is 3.31. The molecule has 2 aromatic rings. The lowest BCUT2D eigenvalue weighted by Crippen LogP contribution is -2.12. The highest BCUT2D eigenvalue weighted by Gasteiger charge is 2.09. The first-order valence-corrected chi connectivity index (χ1v) is 4.43. The van der Waals surface area contributed by atoms with Crippen molar-refractivity contribution in [3.8, 4) is 0 Å². The van der Waals surface area contributed by atoms with Crippen LogP contribution in [-0.2, 0) is 0 Å². The molecular weight excluding hydrogens is 199 g/mol. The highest BCUT2D eigenvalue weighted by Crippen LogP contribution is 2.20. The Labute approximate surface area is 85.6 Å². The van der Waals surface area contributed by atoms with Crippen LogP contribution in [0, 0.1) is 5.82 Å². The van der Waals surface area contributed by atoms with Crippen LogP contribution in [0.4, 0.5) is 4.39 Å². The summed E-state index contributed by atoms with van der Waals surface area (Å²) < 4.78 is 13.4. The molecule has 0 radical (unpaired) electrons. The minimum absolute atomic E-state index is 0.0688. The zero-order valence-corrected chi connectivity index (χ0v) is 8.01. The third-order valence-corrected chi connectivity index (χ3v) is 2.22. The number of hydrogen-bond acceptors (Lipinski definition) is 2. The van der Waals surface area contributed by atoms with E-state index in [1.165, 1.54) is 6.07 Å². The third kappa shape index (κ3) is 1.33. The van der Waals surface area contributed by atoms with Crippen LogP contribution in [0.5, 0.6) is 0 Å². The van der Waals surface area contributed by atoms with Gasteiger partial charge in [0.15, 0.2) is 0 Å². The molecule has 0 aliphatic rings. The number of aromatic nitrogens is 1. The lowest BCUT2D eigenvalue weighted by molar-refractivity contribution is 0.627. The van der Waals surface area contributed by atoms with Crippen LogP contribution in [-0.4, -0.2) is 9.97 Å². The van der Waals surface area contributed by atoms with Gasteiger partial charge in [-0.25, -0.2) is 4.39 Å². The Morgan fingerprint density at radius 1 is 1.36 bits per heavy atom. The zero-order chi connectivity index (χ0) is 10.1. The summed E-state index contributed by atoms with van der Waals surface area (Å²) in [5, 5.41) is 1.53. The van der Waals surface area contributed by atoms with Crippen molar-refractivity contribution < 1.29 is 4.39 Å². The molecule has 14 heavy (non-hydrogen) atoms. The molecule has 70 valence electrons. The Morgan fingerprint density at radius 2 is 2.14 bits per heavy atom. The Balaban J connectivity index is 2.90. The Morgan fingerprint density at radius 3 is 2.86 bits per heavy atom. The number of rotatable bonds is 1. The molecule has 1 aromatic heterocycles. The minimum Gasteiger partial charge on any atom is -0.389 e. The monoisotopic (exact) mass is 206 g/mol. The van der Waals surface area contributed by atoms with Gasteiger partial charge in [0.1, 0.15) is 10.8 Å². The first kappa shape index (κ1) is 9.02. The molecule has 0 bridgehead atoms. The Bertz CT molecular complexity index is 510. The Kier molecular flexibility index (Phi) is 2.13. The number of thiocarbonyl (C=S) groups is 1. The van der Waals surface area contributed by atoms with Crippen LogP contribution in [0.15, 0.2) is 30.6 Å². The molecule has 1 heterocycles. The van der Waals surface area contributed by atoms with Gasteiger partial charge in [-0.3, -0.25) is 4.98 Å². The van der Waals surface area contributed by atoms with E-state index in [0.29, 0.717) is 10.9 Å². The largest absolute Gasteiger partial charge is 0.389 e. The van der Waals surface area contributed by atoms with Gasteiger partial charge in [-0.15, -0.1) is 0 Å². The summed E-state index contributed by atoms with van der Waals surface area (Å²) in [7, 11) is 0. The molecular formula is C10H7FN2S. The maximum atomic E-state index is 13.4. The fourth-order valence-electron chi connectivity index (χ4n) is 1.39. The van der Waals surface area contributed by atoms with Gasteiger partial charge in [0.05, 0.1) is 5.56 Å². The summed E-state index contributed by atoms with van der Waals surface area (Å²) in [4.78, 5) is 4.01. The second-order valence-corrected chi connectivity index (χ2v) is 3.32. The van der Waals surface area contributed by atoms with E-state index in [1.54, 1.807) is 24.5 Å². The van der Waals surface area contributed by atoms with Crippen molar-refractivity contribution in [3.63, 3.8) is 0 Å². The summed E-state index contributed by atoms with van der Waals surface area (Å²) in [6.07, 6.45) is 3.24. The Hall–Kier alpha value is -1.55. The molecule has 0 saturated heterocycles. The molecule has 2 N–H and O–H groups in total. The molecule has 1 aromatic carbocycles. The van der Waals surface area contributed by atoms with Crippen LogP contribution >= 0.6 is 12.2 Å². The number of nitrogens with two attached hydrogens (primary N) is 1. The minimum atomic E-state index is -0.392. The molecule has 2 nitrogen and oxygen atoms in total. The second-order valence-electron chi connectivity index (χ2n) is 2.88. The van der Waals surface area contributed by atoms with Crippen molar-refractivity contribution >= 4 is 28.0 Å². The van der Waals surface area contributed by atoms with Gasteiger partial charge in [-0.2, -0.15) is 0 Å². The van der Waals surface area contributed by atoms with Crippen molar-refractivity contribution in [2.45, 2.75) is 0 Å². The van der Waals surface area contributed by atoms with E-state index in [4.69, 9.17) is 18.0 Å². The maximum Gasteiger partial charge on any atom is 0.134 e. The van der Waals surface area contributed by atoms with Gasteiger partial charge in [-0.05, 0) is 23.6 Å². The van der Waals surface area contributed by atoms with E-state index in [2.05, 4.69) is 4.98 Å². The fourth-order valence-corrected chi connectivity index (χ4v) is 1.60. The molecule has 2 rings (SSSR count). The lowest BCUT2D eigenvalue weighted by atomic mass is 10.1. The first-order valence-electron chi connectivity index (χ1n) is 4.02. The van der Waals surface area contributed by atoms with Crippen molar-refractivity contribution in [2.75, 3.05) is 0 Å². The molecule has 4 heteroatoms. The van der Waals surface area contributed by atoms with E-state index in [1.807, 2.05) is 0 Å². The summed E-state index contributed by atoms with van der Waals surface area (Å²) in [5.41, 5.74) is 5.74. The highest BCUT2D eigenvalue weighted by molar-refractivity contribution is 7.80. The average molecular weight is 206 g/mol. The normalized spacial score (nSPS) is 10.4. The van der Waals surface area contributed by atoms with Crippen molar-refractivity contribution in [3.05, 3.63) is 42.0 Å². The summed E-state index contributed by atoms with van der Waals surface area (Å²) in [6, 6.07) is 4.70. The van der Waals surface area contributed by atoms with Gasteiger partial charge in [0, 0.05) is 17.8 Å². The first-order chi connectivity index (χ1) is 6.70. The molecule has 0 saturated carbocycles. The van der Waals surface area contributed by atoms with Gasteiger partial charge in [0.25, 0.3) is 0 Å². The van der Waals surface area contributed by atoms with Crippen LogP contribution < -0.4 is 5.73 Å². The molecule has 0 aliphatic heterocycles. The van der Waals surface area contributed by atoms with E-state index in [-0.39, 0.29) is 4.99 Å². The van der Waals surface area contributed by atoms with Crippen molar-refractivity contribution in [1.82, 2.24) is 4.98 Å². The van der Waals surface area contributed by atoms with E-state index in [0.717, 1.165) is 5.39 Å². The maximum absolute atomic E-state index is 13.4. The molecule has 0 unspecified atom stereocenters. The average Bonchev–Trinajstić information content (AvgIpc) is 2.17. The molecule has 0 fully saturated rings. The van der Waals surface area contributed by atoms with Crippen LogP contribution in [0.3, 0.4) is 0 Å². The van der Waals surface area contributed by atoms with Gasteiger partial charge in [0.2, 0.25) is 0 Å². The summed E-state index contributed by atoms with van der Waals surface area (Å²) >= 11 is 4.79. The van der Waals surface area contributed by atoms with Crippen LogP contribution in [0.1, 0.15) is 5.56 Å². The summed E-state index contributed by atoms with van der Waals surface area (Å²) in [6.45, 7) is 0. The molecule has 0 amide bonds. The predicted molar refractivity (Wildman–Crippen MR) is 57.6 cm³/mol. The smallest absolute Gasteiger partial charge is 0.134 e. The molecule has 0 atom stereocenters. The standard InChI is InChI=1S/C10H7FN2S/c11-8-2-1-6-5-13-4-3-7(6)9(8)10(12)14/h1-5H,(H2,12,14). The van der Waals surface area contributed by atoms with Crippen LogP contribution in [0.2, 0.25) is 0 Å². The fraction of sp³-hybridized carbons (Fsp3) is 0.